The van der Waals surface area contributed by atoms with E-state index in [1.807, 2.05) is 58.2 Å². The van der Waals surface area contributed by atoms with Crippen molar-refractivity contribution in [2.24, 2.45) is 35.5 Å². The molecule has 2 rings (SSSR count). The number of aliphatic hydroxyl groups is 1. The number of methoxy groups -OCH3 is 2. The Bertz CT molecular complexity index is 1300. The molecule has 302 valence electrons. The van der Waals surface area contributed by atoms with Gasteiger partial charge in [0.05, 0.1) is 42.4 Å². The van der Waals surface area contributed by atoms with Crippen LogP contribution in [0.2, 0.25) is 0 Å². The zero-order valence-corrected chi connectivity index (χ0v) is 35.6. The first kappa shape index (κ1) is 46.7. The predicted molar refractivity (Wildman–Crippen MR) is 218 cm³/mol. The van der Waals surface area contributed by atoms with E-state index in [1.165, 1.54) is 0 Å². The Morgan fingerprint density at radius 2 is 1.68 bits per heavy atom. The average Bonchev–Trinajstić information content (AvgIpc) is 3.14. The molecule has 10 atom stereocenters. The molecule has 1 aliphatic rings. The van der Waals surface area contributed by atoms with Crippen molar-refractivity contribution in [2.75, 3.05) is 34.9 Å². The quantitative estimate of drug-likeness (QED) is 0.113. The van der Waals surface area contributed by atoms with Crippen molar-refractivity contribution in [3.63, 3.8) is 0 Å². The van der Waals surface area contributed by atoms with E-state index < -0.39 is 17.5 Å². The normalized spacial score (nSPS) is 21.8. The number of nitrogens with one attached hydrogen (secondary N) is 3. The van der Waals surface area contributed by atoms with Crippen LogP contribution in [0, 0.1) is 35.5 Å². The molecular weight excluding hydrogens is 689 g/mol. The van der Waals surface area contributed by atoms with E-state index in [0.717, 1.165) is 42.5 Å². The summed E-state index contributed by atoms with van der Waals surface area (Å²) in [7, 11) is 6.93. The number of hydrogen-bond acceptors (Lipinski definition) is 8. The summed E-state index contributed by atoms with van der Waals surface area (Å²) in [5, 5.41) is 19.2. The number of rotatable bonds is 22. The van der Waals surface area contributed by atoms with Crippen molar-refractivity contribution in [1.82, 2.24) is 20.9 Å². The maximum Gasteiger partial charge on any atom is 0.245 e. The fourth-order valence-electron chi connectivity index (χ4n) is 8.03. The fourth-order valence-corrected chi connectivity index (χ4v) is 8.41. The van der Waals surface area contributed by atoms with E-state index in [0.29, 0.717) is 18.8 Å². The zero-order valence-electron chi connectivity index (χ0n) is 34.7. The van der Waals surface area contributed by atoms with Crippen LogP contribution in [0.15, 0.2) is 30.3 Å². The Morgan fingerprint density at radius 1 is 1.04 bits per heavy atom. The lowest BCUT2D eigenvalue weighted by molar-refractivity contribution is -0.143. The molecule has 0 aliphatic heterocycles. The van der Waals surface area contributed by atoms with Gasteiger partial charge in [0.15, 0.2) is 0 Å². The molecule has 11 heteroatoms. The molecule has 0 aromatic heterocycles. The van der Waals surface area contributed by atoms with E-state index in [9.17, 15) is 19.5 Å². The molecule has 3 amide bonds. The summed E-state index contributed by atoms with van der Waals surface area (Å²) >= 11 is 6.10. The highest BCUT2D eigenvalue weighted by atomic mass is 32.1. The number of aliphatic hydroxyl groups excluding tert-OH is 1. The van der Waals surface area contributed by atoms with Crippen LogP contribution in [0.1, 0.15) is 99.5 Å². The molecule has 10 unspecified atom stereocenters. The number of ether oxygens (including phenoxy) is 2. The van der Waals surface area contributed by atoms with E-state index in [-0.39, 0.29) is 72.3 Å². The molecule has 0 spiro atoms. The van der Waals surface area contributed by atoms with Crippen LogP contribution in [0.25, 0.3) is 0 Å². The first-order valence-corrected chi connectivity index (χ1v) is 20.2. The van der Waals surface area contributed by atoms with Crippen LogP contribution in [-0.4, -0.2) is 103 Å². The monoisotopic (exact) mass is 761 g/mol. The molecule has 1 aliphatic carbocycles. The summed E-state index contributed by atoms with van der Waals surface area (Å²) < 4.78 is 12.2. The standard InChI is InChI=1S/C42H72N4O6S/c1-13-27(4)37(46(10)40(49)36(26(2)3)45-41(50)42(7,8)43-9)35(51-11)24-33(53)23-31-20-17-21-34(28(31)5)38(52-12)29(6)39(48)44-32(25-47)22-30-18-15-14-16-19-30/h14-16,18-19,26-29,31-32,34-38,43,47H,13,17,20-25H2,1-12H3,(H,44,48)(H,45,50). The zero-order chi connectivity index (χ0) is 40.0. The Kier molecular flexibility index (Phi) is 19.6. The SMILES string of the molecule is CCC(C)C(C(CC(=S)CC1CCCC(C(OC)C(C)C(=O)NC(CO)Cc2ccccc2)C1C)OC)N(C)C(=O)C(NC(=O)C(C)(C)NC)C(C)C. The lowest BCUT2D eigenvalue weighted by Gasteiger charge is -2.42. The largest absolute Gasteiger partial charge is 0.394 e. The van der Waals surface area contributed by atoms with Crippen LogP contribution in [-0.2, 0) is 30.3 Å². The summed E-state index contributed by atoms with van der Waals surface area (Å²) in [6.07, 6.45) is 5.14. The van der Waals surface area contributed by atoms with Crippen LogP contribution >= 0.6 is 12.2 Å². The third kappa shape index (κ3) is 13.1. The van der Waals surface area contributed by atoms with Gasteiger partial charge in [-0.15, -0.1) is 0 Å². The van der Waals surface area contributed by atoms with Crippen molar-refractivity contribution in [2.45, 2.75) is 136 Å². The highest BCUT2D eigenvalue weighted by Crippen LogP contribution is 2.41. The molecular formula is C42H72N4O6S. The van der Waals surface area contributed by atoms with Crippen molar-refractivity contribution in [3.05, 3.63) is 35.9 Å². The van der Waals surface area contributed by atoms with Crippen molar-refractivity contribution < 1.29 is 29.0 Å². The number of carbonyl (C=O) groups is 3. The van der Waals surface area contributed by atoms with Crippen LogP contribution in [0.5, 0.6) is 0 Å². The Labute approximate surface area is 326 Å². The minimum absolute atomic E-state index is 0.112. The van der Waals surface area contributed by atoms with E-state index >= 15 is 0 Å². The fraction of sp³-hybridized carbons (Fsp3) is 0.762. The van der Waals surface area contributed by atoms with Gasteiger partial charge in [0, 0.05) is 27.7 Å². The molecule has 1 aromatic rings. The molecule has 1 aromatic carbocycles. The van der Waals surface area contributed by atoms with Gasteiger partial charge in [0.25, 0.3) is 0 Å². The second kappa shape index (κ2) is 22.2. The summed E-state index contributed by atoms with van der Waals surface area (Å²) in [5.41, 5.74) is 0.238. The number of hydrogen-bond donors (Lipinski definition) is 4. The maximum atomic E-state index is 14.1. The van der Waals surface area contributed by atoms with Gasteiger partial charge >= 0.3 is 0 Å². The second-order valence-corrected chi connectivity index (χ2v) is 17.0. The third-order valence-corrected chi connectivity index (χ3v) is 12.4. The summed E-state index contributed by atoms with van der Waals surface area (Å²) in [6, 6.07) is 8.56. The molecule has 10 nitrogen and oxygen atoms in total. The molecule has 53 heavy (non-hydrogen) atoms. The highest BCUT2D eigenvalue weighted by Gasteiger charge is 2.42. The summed E-state index contributed by atoms with van der Waals surface area (Å²) in [4.78, 5) is 43.4. The topological polar surface area (TPSA) is 129 Å². The van der Waals surface area contributed by atoms with E-state index in [1.54, 1.807) is 40.0 Å². The molecule has 0 bridgehead atoms. The van der Waals surface area contributed by atoms with Crippen molar-refractivity contribution >= 4 is 34.8 Å². The summed E-state index contributed by atoms with van der Waals surface area (Å²) in [6.45, 7) is 15.8. The molecule has 4 N–H and O–H groups in total. The van der Waals surface area contributed by atoms with Crippen molar-refractivity contribution in [1.29, 1.82) is 0 Å². The minimum atomic E-state index is -0.822. The van der Waals surface area contributed by atoms with Gasteiger partial charge in [-0.25, -0.2) is 0 Å². The summed E-state index contributed by atoms with van der Waals surface area (Å²) in [5.74, 6) is -0.0925. The van der Waals surface area contributed by atoms with E-state index in [4.69, 9.17) is 21.7 Å². The number of benzene rings is 1. The first-order valence-electron chi connectivity index (χ1n) is 19.8. The van der Waals surface area contributed by atoms with Crippen LogP contribution < -0.4 is 16.0 Å². The second-order valence-electron chi connectivity index (χ2n) is 16.4. The van der Waals surface area contributed by atoms with Crippen LogP contribution in [0.4, 0.5) is 0 Å². The van der Waals surface area contributed by atoms with Gasteiger partial charge < -0.3 is 35.4 Å². The third-order valence-electron chi connectivity index (χ3n) is 12.1. The number of amides is 3. The lowest BCUT2D eigenvalue weighted by Crippen LogP contribution is -2.61. The number of likely N-dealkylation sites (N-methyl/N-ethyl adjacent to an activating group) is 2. The highest BCUT2D eigenvalue weighted by molar-refractivity contribution is 7.80. The predicted octanol–water partition coefficient (Wildman–Crippen LogP) is 5.59. The first-order chi connectivity index (χ1) is 25.0. The van der Waals surface area contributed by atoms with Gasteiger partial charge in [-0.1, -0.05) is 96.9 Å². The van der Waals surface area contributed by atoms with Gasteiger partial charge in [0.2, 0.25) is 17.7 Å². The molecule has 1 fully saturated rings. The number of thiocarbonyl (C=S) groups is 1. The molecule has 1 saturated carbocycles. The number of nitrogens with zero attached hydrogens (tertiary/aromatic N) is 1. The maximum absolute atomic E-state index is 14.1. The smallest absolute Gasteiger partial charge is 0.245 e. The van der Waals surface area contributed by atoms with Gasteiger partial charge in [-0.2, -0.15) is 0 Å². The lowest BCUT2D eigenvalue weighted by atomic mass is 9.67. The molecule has 0 heterocycles. The minimum Gasteiger partial charge on any atom is -0.394 e. The molecule has 0 radical (unpaired) electrons. The van der Waals surface area contributed by atoms with Crippen LogP contribution in [0.3, 0.4) is 0 Å². The van der Waals surface area contributed by atoms with Gasteiger partial charge in [-0.3, -0.25) is 14.4 Å². The number of carbonyl (C=O) groups excluding carboxylic acids is 3. The van der Waals surface area contributed by atoms with E-state index in [2.05, 4.69) is 36.7 Å². The Hall–Kier alpha value is -2.44. The molecule has 0 saturated heterocycles. The van der Waals surface area contributed by atoms with Gasteiger partial charge in [-0.05, 0) is 86.6 Å². The average molecular weight is 761 g/mol. The van der Waals surface area contributed by atoms with Crippen molar-refractivity contribution in [3.8, 4) is 0 Å². The van der Waals surface area contributed by atoms with Gasteiger partial charge in [0.1, 0.15) is 6.04 Å². The Morgan fingerprint density at radius 3 is 2.21 bits per heavy atom. The Balaban J connectivity index is 2.16.